The standard InChI is InChI=1S/C29H32F9N3O3/c30-27(31,32)20-6-4-18(5-7-20)13-23-17-39(9-11-40-8-2-1-3-24(40)26(43)44)10-12-41(23)25(42)19-14-21(28(33,34)35)16-22(15-19)29(36,37)38/h4-7,14-16,23-24,26,43-44H,1-3,8-13,17H2/t23-,24?/m1/s1. The number of piperidine rings is 1. The largest absolute Gasteiger partial charge is 0.416 e. The Morgan fingerprint density at radius 2 is 1.36 bits per heavy atom. The Balaban J connectivity index is 1.59. The van der Waals surface area contributed by atoms with Crippen LogP contribution in [0.1, 0.15) is 51.9 Å². The van der Waals surface area contributed by atoms with Gasteiger partial charge < -0.3 is 15.1 Å². The number of hydrogen-bond donors (Lipinski definition) is 2. The number of aliphatic hydroxyl groups excluding tert-OH is 1. The van der Waals surface area contributed by atoms with Crippen LogP contribution < -0.4 is 0 Å². The fraction of sp³-hybridized carbons (Fsp3) is 0.552. The number of carbonyl (C=O) groups is 1. The van der Waals surface area contributed by atoms with E-state index in [1.807, 2.05) is 9.80 Å². The molecule has 6 nitrogen and oxygen atoms in total. The van der Waals surface area contributed by atoms with Gasteiger partial charge in [-0.2, -0.15) is 39.5 Å². The zero-order valence-electron chi connectivity index (χ0n) is 23.4. The number of halogens is 9. The molecule has 0 radical (unpaired) electrons. The van der Waals surface area contributed by atoms with Crippen LogP contribution >= 0.6 is 0 Å². The normalized spacial score (nSPS) is 21.2. The summed E-state index contributed by atoms with van der Waals surface area (Å²) in [5.74, 6) is -1.06. The van der Waals surface area contributed by atoms with Gasteiger partial charge in [0.1, 0.15) is 0 Å². The Hall–Kier alpha value is -2.88. The molecule has 1 amide bonds. The zero-order valence-corrected chi connectivity index (χ0v) is 23.4. The summed E-state index contributed by atoms with van der Waals surface area (Å²) in [6, 6.07) is 3.59. The summed E-state index contributed by atoms with van der Waals surface area (Å²) >= 11 is 0. The van der Waals surface area contributed by atoms with E-state index in [1.165, 1.54) is 17.0 Å². The number of carbonyl (C=O) groups excluding carboxylic acids is 1. The molecule has 2 aliphatic rings. The first-order chi connectivity index (χ1) is 20.4. The highest BCUT2D eigenvalue weighted by atomic mass is 19.4. The molecule has 2 aromatic carbocycles. The fourth-order valence-corrected chi connectivity index (χ4v) is 5.81. The van der Waals surface area contributed by atoms with Gasteiger partial charge in [0.05, 0.1) is 22.7 Å². The summed E-state index contributed by atoms with van der Waals surface area (Å²) in [6.45, 7) is 1.78. The molecule has 0 bridgehead atoms. The third-order valence-electron chi connectivity index (χ3n) is 8.13. The van der Waals surface area contributed by atoms with Crippen molar-refractivity contribution in [2.24, 2.45) is 0 Å². The number of aliphatic hydroxyl groups is 2. The Kier molecular flexibility index (Phi) is 10.2. The number of benzene rings is 2. The highest BCUT2D eigenvalue weighted by Gasteiger charge is 2.39. The minimum Gasteiger partial charge on any atom is -0.367 e. The monoisotopic (exact) mass is 641 g/mol. The van der Waals surface area contributed by atoms with Gasteiger partial charge in [0.15, 0.2) is 6.29 Å². The first kappa shape index (κ1) is 34.0. The van der Waals surface area contributed by atoms with Gasteiger partial charge in [-0.15, -0.1) is 0 Å². The van der Waals surface area contributed by atoms with E-state index in [4.69, 9.17) is 0 Å². The molecule has 0 aromatic heterocycles. The lowest BCUT2D eigenvalue weighted by atomic mass is 9.98. The van der Waals surface area contributed by atoms with Crippen LogP contribution in [0, 0.1) is 0 Å². The van der Waals surface area contributed by atoms with Crippen LogP contribution in [0.4, 0.5) is 39.5 Å². The predicted molar refractivity (Wildman–Crippen MR) is 140 cm³/mol. The van der Waals surface area contributed by atoms with Gasteiger partial charge in [-0.25, -0.2) is 0 Å². The van der Waals surface area contributed by atoms with Crippen LogP contribution in [0.15, 0.2) is 42.5 Å². The molecular formula is C29H32F9N3O3. The van der Waals surface area contributed by atoms with E-state index in [9.17, 15) is 54.5 Å². The van der Waals surface area contributed by atoms with Crippen molar-refractivity contribution in [2.75, 3.05) is 39.3 Å². The zero-order chi connectivity index (χ0) is 32.4. The lowest BCUT2D eigenvalue weighted by Crippen LogP contribution is -2.57. The second kappa shape index (κ2) is 13.2. The van der Waals surface area contributed by atoms with Crippen LogP contribution in [0.3, 0.4) is 0 Å². The van der Waals surface area contributed by atoms with Crippen molar-refractivity contribution < 1.29 is 54.5 Å². The molecule has 1 unspecified atom stereocenters. The third-order valence-corrected chi connectivity index (χ3v) is 8.13. The molecule has 0 spiro atoms. The Labute approximate surface area is 247 Å². The molecule has 2 saturated heterocycles. The van der Waals surface area contributed by atoms with Gasteiger partial charge >= 0.3 is 18.5 Å². The molecule has 15 heteroatoms. The van der Waals surface area contributed by atoms with Crippen molar-refractivity contribution >= 4 is 5.91 Å². The van der Waals surface area contributed by atoms with Crippen LogP contribution in [-0.4, -0.2) is 88.5 Å². The predicted octanol–water partition coefficient (Wildman–Crippen LogP) is 5.28. The average Bonchev–Trinajstić information content (AvgIpc) is 2.94. The van der Waals surface area contributed by atoms with E-state index in [0.717, 1.165) is 25.0 Å². The summed E-state index contributed by atoms with van der Waals surface area (Å²) in [7, 11) is 0. The second-order valence-corrected chi connectivity index (χ2v) is 11.2. The molecule has 2 heterocycles. The topological polar surface area (TPSA) is 67.3 Å². The van der Waals surface area contributed by atoms with E-state index in [1.54, 1.807) is 0 Å². The third kappa shape index (κ3) is 8.43. The highest BCUT2D eigenvalue weighted by molar-refractivity contribution is 5.95. The van der Waals surface area contributed by atoms with Gasteiger partial charge in [0.2, 0.25) is 0 Å². The number of nitrogens with zero attached hydrogens (tertiary/aromatic N) is 3. The second-order valence-electron chi connectivity index (χ2n) is 11.2. The molecule has 4 rings (SSSR count). The van der Waals surface area contributed by atoms with Crippen molar-refractivity contribution in [2.45, 2.75) is 62.6 Å². The Morgan fingerprint density at radius 3 is 1.91 bits per heavy atom. The molecule has 244 valence electrons. The number of likely N-dealkylation sites (tertiary alicyclic amines) is 1. The Morgan fingerprint density at radius 1 is 0.773 bits per heavy atom. The van der Waals surface area contributed by atoms with Gasteiger partial charge in [-0.1, -0.05) is 18.6 Å². The van der Waals surface area contributed by atoms with Gasteiger partial charge in [0, 0.05) is 44.3 Å². The van der Waals surface area contributed by atoms with Gasteiger partial charge in [-0.05, 0) is 61.7 Å². The molecular weight excluding hydrogens is 609 g/mol. The minimum atomic E-state index is -5.15. The summed E-state index contributed by atoms with van der Waals surface area (Å²) < 4.78 is 120. The van der Waals surface area contributed by atoms with Gasteiger partial charge in [-0.3, -0.25) is 14.6 Å². The number of hydrogen-bond acceptors (Lipinski definition) is 5. The van der Waals surface area contributed by atoms with Crippen molar-refractivity contribution in [1.29, 1.82) is 0 Å². The van der Waals surface area contributed by atoms with Crippen LogP contribution in [-0.2, 0) is 24.9 Å². The van der Waals surface area contributed by atoms with E-state index in [-0.39, 0.29) is 32.1 Å². The smallest absolute Gasteiger partial charge is 0.367 e. The highest BCUT2D eigenvalue weighted by Crippen LogP contribution is 2.37. The molecule has 0 saturated carbocycles. The quantitative estimate of drug-likeness (QED) is 0.319. The molecule has 2 N–H and O–H groups in total. The van der Waals surface area contributed by atoms with E-state index in [2.05, 4.69) is 0 Å². The molecule has 2 atom stereocenters. The van der Waals surface area contributed by atoms with Crippen LogP contribution in [0.5, 0.6) is 0 Å². The maximum Gasteiger partial charge on any atom is 0.416 e. The number of rotatable bonds is 7. The molecule has 2 aromatic rings. The van der Waals surface area contributed by atoms with Crippen LogP contribution in [0.2, 0.25) is 0 Å². The van der Waals surface area contributed by atoms with E-state index in [0.29, 0.717) is 43.8 Å². The van der Waals surface area contributed by atoms with E-state index < -0.39 is 65.1 Å². The summed E-state index contributed by atoms with van der Waals surface area (Å²) in [5, 5.41) is 19.5. The fourth-order valence-electron chi connectivity index (χ4n) is 5.81. The molecule has 44 heavy (non-hydrogen) atoms. The van der Waals surface area contributed by atoms with E-state index >= 15 is 0 Å². The lowest BCUT2D eigenvalue weighted by Gasteiger charge is -2.43. The SMILES string of the molecule is O=C(c1cc(C(F)(F)F)cc(C(F)(F)F)c1)N1CCN(CCN2CCCCC2C(O)O)C[C@H]1Cc1ccc(C(F)(F)F)cc1. The van der Waals surface area contributed by atoms with Crippen molar-refractivity contribution in [3.05, 3.63) is 70.3 Å². The maximum atomic E-state index is 13.5. The number of alkyl halides is 9. The molecule has 2 fully saturated rings. The van der Waals surface area contributed by atoms with Crippen LogP contribution in [0.25, 0.3) is 0 Å². The summed E-state index contributed by atoms with van der Waals surface area (Å²) in [4.78, 5) is 18.6. The number of amides is 1. The first-order valence-electron chi connectivity index (χ1n) is 14.0. The average molecular weight is 642 g/mol. The summed E-state index contributed by atoms with van der Waals surface area (Å²) in [6.07, 6.45) is -14.1. The number of piperazine rings is 1. The first-order valence-corrected chi connectivity index (χ1v) is 14.0. The summed E-state index contributed by atoms with van der Waals surface area (Å²) in [5.41, 5.74) is -4.56. The van der Waals surface area contributed by atoms with Crippen molar-refractivity contribution in [3.63, 3.8) is 0 Å². The minimum absolute atomic E-state index is 0.00679. The van der Waals surface area contributed by atoms with Gasteiger partial charge in [0.25, 0.3) is 5.91 Å². The van der Waals surface area contributed by atoms with Crippen molar-refractivity contribution in [1.82, 2.24) is 14.7 Å². The Bertz CT molecular complexity index is 1250. The molecule has 2 aliphatic heterocycles. The van der Waals surface area contributed by atoms with Crippen molar-refractivity contribution in [3.8, 4) is 0 Å². The lowest BCUT2D eigenvalue weighted by molar-refractivity contribution is -0.143. The molecule has 0 aliphatic carbocycles. The maximum absolute atomic E-state index is 13.5.